The molecule has 1 aromatic rings. The molecule has 1 saturated heterocycles. The summed E-state index contributed by atoms with van der Waals surface area (Å²) in [5.74, 6) is 1.80. The van der Waals surface area contributed by atoms with Crippen molar-refractivity contribution in [3.05, 3.63) is 29.3 Å². The summed E-state index contributed by atoms with van der Waals surface area (Å²) in [5.41, 5.74) is 2.72. The summed E-state index contributed by atoms with van der Waals surface area (Å²) in [7, 11) is 0. The Kier molecular flexibility index (Phi) is 7.12. The lowest BCUT2D eigenvalue weighted by atomic mass is 9.86. The molecule has 0 spiro atoms. The quantitative estimate of drug-likeness (QED) is 0.690. The Morgan fingerprint density at radius 3 is 2.62 bits per heavy atom. The van der Waals surface area contributed by atoms with E-state index < -0.39 is 0 Å². The molecule has 1 aliphatic heterocycles. The predicted molar refractivity (Wildman–Crippen MR) is 101 cm³/mol. The molecule has 1 heterocycles. The fourth-order valence-electron chi connectivity index (χ4n) is 3.27. The van der Waals surface area contributed by atoms with Gasteiger partial charge in [0.15, 0.2) is 0 Å². The van der Waals surface area contributed by atoms with Crippen molar-refractivity contribution < 1.29 is 9.47 Å². The Morgan fingerprint density at radius 1 is 1.17 bits per heavy atom. The summed E-state index contributed by atoms with van der Waals surface area (Å²) in [6.45, 7) is 16.7. The van der Waals surface area contributed by atoms with Crippen molar-refractivity contribution in [2.24, 2.45) is 5.92 Å². The molecule has 24 heavy (non-hydrogen) atoms. The third-order valence-electron chi connectivity index (χ3n) is 4.82. The normalized spacial score (nSPS) is 19.5. The Labute approximate surface area is 148 Å². The van der Waals surface area contributed by atoms with E-state index in [1.54, 1.807) is 0 Å². The standard InChI is InChI=1S/C21H35NO2/c1-17-7-6-10-22(16-17)11-12-23-13-14-24-20-9-8-19(15-18(20)2)21(3,4)5/h8-9,15,17H,6-7,10-14,16H2,1-5H3/t17-/m1/s1. The van der Waals surface area contributed by atoms with Gasteiger partial charge in [-0.3, -0.25) is 0 Å². The summed E-state index contributed by atoms with van der Waals surface area (Å²) in [6, 6.07) is 6.49. The van der Waals surface area contributed by atoms with Crippen LogP contribution in [0.1, 0.15) is 51.7 Å². The van der Waals surface area contributed by atoms with E-state index in [1.807, 2.05) is 0 Å². The summed E-state index contributed by atoms with van der Waals surface area (Å²) in [6.07, 6.45) is 2.70. The van der Waals surface area contributed by atoms with Gasteiger partial charge >= 0.3 is 0 Å². The summed E-state index contributed by atoms with van der Waals surface area (Å²) >= 11 is 0. The molecule has 0 radical (unpaired) electrons. The Hall–Kier alpha value is -1.06. The smallest absolute Gasteiger partial charge is 0.122 e. The Bertz CT molecular complexity index is 507. The highest BCUT2D eigenvalue weighted by atomic mass is 16.5. The van der Waals surface area contributed by atoms with Gasteiger partial charge in [-0.2, -0.15) is 0 Å². The summed E-state index contributed by atoms with van der Waals surface area (Å²) in [4.78, 5) is 2.52. The van der Waals surface area contributed by atoms with Crippen LogP contribution < -0.4 is 4.74 Å². The van der Waals surface area contributed by atoms with E-state index in [0.717, 1.165) is 24.8 Å². The van der Waals surface area contributed by atoms with E-state index in [-0.39, 0.29) is 5.41 Å². The van der Waals surface area contributed by atoms with Crippen LogP contribution in [0.3, 0.4) is 0 Å². The fourth-order valence-corrected chi connectivity index (χ4v) is 3.27. The van der Waals surface area contributed by atoms with Crippen molar-refractivity contribution in [1.29, 1.82) is 0 Å². The number of aryl methyl sites for hydroxylation is 1. The number of ether oxygens (including phenoxy) is 2. The average Bonchev–Trinajstić information content (AvgIpc) is 2.51. The SMILES string of the molecule is Cc1cc(C(C)(C)C)ccc1OCCOCCN1CCC[C@@H](C)C1. The molecule has 2 rings (SSSR count). The predicted octanol–water partition coefficient (Wildman–Crippen LogP) is 4.42. The van der Waals surface area contributed by atoms with Crippen LogP contribution in [0.2, 0.25) is 0 Å². The number of hydrogen-bond acceptors (Lipinski definition) is 3. The molecule has 3 heteroatoms. The third-order valence-corrected chi connectivity index (χ3v) is 4.82. The molecule has 0 saturated carbocycles. The highest BCUT2D eigenvalue weighted by molar-refractivity contribution is 5.38. The monoisotopic (exact) mass is 333 g/mol. The maximum atomic E-state index is 5.87. The molecule has 136 valence electrons. The molecular formula is C21H35NO2. The number of hydrogen-bond donors (Lipinski definition) is 0. The Morgan fingerprint density at radius 2 is 1.96 bits per heavy atom. The maximum absolute atomic E-state index is 5.87. The van der Waals surface area contributed by atoms with Crippen LogP contribution in [0.4, 0.5) is 0 Å². The highest BCUT2D eigenvalue weighted by Crippen LogP contribution is 2.27. The van der Waals surface area contributed by atoms with Gasteiger partial charge in [0, 0.05) is 13.1 Å². The van der Waals surface area contributed by atoms with Gasteiger partial charge in [0.05, 0.1) is 13.2 Å². The molecule has 0 aromatic heterocycles. The van der Waals surface area contributed by atoms with Gasteiger partial charge in [0.25, 0.3) is 0 Å². The van der Waals surface area contributed by atoms with Crippen LogP contribution in [-0.4, -0.2) is 44.4 Å². The molecular weight excluding hydrogens is 298 g/mol. The molecule has 1 aliphatic rings. The fraction of sp³-hybridized carbons (Fsp3) is 0.714. The van der Waals surface area contributed by atoms with E-state index in [0.29, 0.717) is 13.2 Å². The second-order valence-electron chi connectivity index (χ2n) is 8.24. The first-order valence-corrected chi connectivity index (χ1v) is 9.40. The van der Waals surface area contributed by atoms with Crippen molar-refractivity contribution in [2.45, 2.75) is 52.9 Å². The molecule has 0 bridgehead atoms. The molecule has 1 atom stereocenters. The molecule has 0 N–H and O–H groups in total. The maximum Gasteiger partial charge on any atom is 0.122 e. The van der Waals surface area contributed by atoms with Crippen LogP contribution in [-0.2, 0) is 10.2 Å². The van der Waals surface area contributed by atoms with Crippen molar-refractivity contribution >= 4 is 0 Å². The van der Waals surface area contributed by atoms with E-state index in [4.69, 9.17) is 9.47 Å². The van der Waals surface area contributed by atoms with Crippen LogP contribution in [0.5, 0.6) is 5.75 Å². The van der Waals surface area contributed by atoms with Gasteiger partial charge in [-0.15, -0.1) is 0 Å². The first-order chi connectivity index (χ1) is 11.4. The van der Waals surface area contributed by atoms with Crippen LogP contribution in [0.25, 0.3) is 0 Å². The lowest BCUT2D eigenvalue weighted by molar-refractivity contribution is 0.0687. The largest absolute Gasteiger partial charge is 0.491 e. The van der Waals surface area contributed by atoms with Crippen molar-refractivity contribution in [1.82, 2.24) is 4.90 Å². The van der Waals surface area contributed by atoms with Crippen molar-refractivity contribution in [3.63, 3.8) is 0 Å². The number of piperidine rings is 1. The zero-order chi connectivity index (χ0) is 17.6. The second-order valence-corrected chi connectivity index (χ2v) is 8.24. The number of rotatable bonds is 7. The molecule has 0 aliphatic carbocycles. The van der Waals surface area contributed by atoms with Gasteiger partial charge < -0.3 is 14.4 Å². The number of benzene rings is 1. The zero-order valence-electron chi connectivity index (χ0n) is 16.2. The zero-order valence-corrected chi connectivity index (χ0v) is 16.2. The minimum absolute atomic E-state index is 0.179. The highest BCUT2D eigenvalue weighted by Gasteiger charge is 2.16. The third kappa shape index (κ3) is 6.10. The topological polar surface area (TPSA) is 21.7 Å². The van der Waals surface area contributed by atoms with Crippen LogP contribution in [0.15, 0.2) is 18.2 Å². The first kappa shape index (κ1) is 19.3. The lowest BCUT2D eigenvalue weighted by Crippen LogP contribution is -2.36. The minimum atomic E-state index is 0.179. The molecule has 1 fully saturated rings. The van der Waals surface area contributed by atoms with E-state index in [9.17, 15) is 0 Å². The molecule has 3 nitrogen and oxygen atoms in total. The second kappa shape index (κ2) is 8.87. The number of likely N-dealkylation sites (tertiary alicyclic amines) is 1. The van der Waals surface area contributed by atoms with Crippen LogP contribution in [0, 0.1) is 12.8 Å². The van der Waals surface area contributed by atoms with Gasteiger partial charge in [-0.1, -0.05) is 39.8 Å². The lowest BCUT2D eigenvalue weighted by Gasteiger charge is -2.30. The van der Waals surface area contributed by atoms with Gasteiger partial charge in [0.2, 0.25) is 0 Å². The first-order valence-electron chi connectivity index (χ1n) is 9.40. The summed E-state index contributed by atoms with van der Waals surface area (Å²) < 4.78 is 11.6. The van der Waals surface area contributed by atoms with Gasteiger partial charge in [-0.25, -0.2) is 0 Å². The average molecular weight is 334 g/mol. The van der Waals surface area contributed by atoms with E-state index >= 15 is 0 Å². The molecule has 0 amide bonds. The van der Waals surface area contributed by atoms with Gasteiger partial charge in [0.1, 0.15) is 12.4 Å². The summed E-state index contributed by atoms with van der Waals surface area (Å²) in [5, 5.41) is 0. The van der Waals surface area contributed by atoms with E-state index in [2.05, 4.69) is 57.7 Å². The molecule has 0 unspecified atom stereocenters. The minimum Gasteiger partial charge on any atom is -0.491 e. The van der Waals surface area contributed by atoms with Crippen molar-refractivity contribution in [2.75, 3.05) is 39.5 Å². The number of nitrogens with zero attached hydrogens (tertiary/aromatic N) is 1. The van der Waals surface area contributed by atoms with Crippen LogP contribution >= 0.6 is 0 Å². The molecule has 1 aromatic carbocycles. The van der Waals surface area contributed by atoms with Gasteiger partial charge in [-0.05, 0) is 54.8 Å². The Balaban J connectivity index is 1.64. The van der Waals surface area contributed by atoms with Crippen molar-refractivity contribution in [3.8, 4) is 5.75 Å². The van der Waals surface area contributed by atoms with E-state index in [1.165, 1.54) is 37.1 Å².